The van der Waals surface area contributed by atoms with Gasteiger partial charge in [-0.15, -0.1) is 0 Å². The molecule has 0 aliphatic rings. The van der Waals surface area contributed by atoms with E-state index in [2.05, 4.69) is 36.5 Å². The molecule has 0 bridgehead atoms. The summed E-state index contributed by atoms with van der Waals surface area (Å²) < 4.78 is 0. The van der Waals surface area contributed by atoms with Gasteiger partial charge in [-0.2, -0.15) is 0 Å². The van der Waals surface area contributed by atoms with Crippen LogP contribution >= 0.6 is 0 Å². The highest BCUT2D eigenvalue weighted by Gasteiger charge is 2.13. The van der Waals surface area contributed by atoms with Gasteiger partial charge in [-0.1, -0.05) is 60.2 Å². The van der Waals surface area contributed by atoms with Gasteiger partial charge in [0.05, 0.1) is 12.6 Å². The van der Waals surface area contributed by atoms with E-state index in [-0.39, 0.29) is 18.5 Å². The zero-order valence-electron chi connectivity index (χ0n) is 11.0. The molecular formula is C16H18N2O. The van der Waals surface area contributed by atoms with E-state index < -0.39 is 0 Å². The molecule has 98 valence electrons. The van der Waals surface area contributed by atoms with Crippen molar-refractivity contribution in [3.63, 3.8) is 0 Å². The number of primary amides is 1. The maximum absolute atomic E-state index is 11.0. The summed E-state index contributed by atoms with van der Waals surface area (Å²) in [7, 11) is 0. The predicted molar refractivity (Wildman–Crippen MR) is 76.7 cm³/mol. The molecule has 0 aromatic heterocycles. The van der Waals surface area contributed by atoms with Gasteiger partial charge in [-0.05, 0) is 18.1 Å². The highest BCUT2D eigenvalue weighted by Crippen LogP contribution is 2.21. The summed E-state index contributed by atoms with van der Waals surface area (Å²) >= 11 is 0. The number of rotatable bonds is 5. The van der Waals surface area contributed by atoms with Gasteiger partial charge < -0.3 is 5.73 Å². The third-order valence-corrected chi connectivity index (χ3v) is 3.02. The van der Waals surface area contributed by atoms with E-state index in [0.29, 0.717) is 0 Å². The number of carbonyl (C=O) groups excluding carboxylic acids is 1. The number of hydrogen-bond acceptors (Lipinski definition) is 2. The van der Waals surface area contributed by atoms with Gasteiger partial charge in [0, 0.05) is 0 Å². The monoisotopic (exact) mass is 254 g/mol. The Kier molecular flexibility index (Phi) is 4.31. The molecule has 2 aromatic carbocycles. The molecule has 1 amide bonds. The summed E-state index contributed by atoms with van der Waals surface area (Å²) in [6.07, 6.45) is 0. The number of nitrogens with one attached hydrogen (secondary N) is 1. The minimum atomic E-state index is -0.354. The van der Waals surface area contributed by atoms with Gasteiger partial charge >= 0.3 is 0 Å². The predicted octanol–water partition coefficient (Wildman–Crippen LogP) is 2.16. The van der Waals surface area contributed by atoms with Crippen LogP contribution in [0.5, 0.6) is 0 Å². The number of aryl methyl sites for hydroxylation is 1. The second-order valence-corrected chi connectivity index (χ2v) is 4.60. The Morgan fingerprint density at radius 3 is 2.21 bits per heavy atom. The topological polar surface area (TPSA) is 55.1 Å². The second-order valence-electron chi connectivity index (χ2n) is 4.60. The normalized spacial score (nSPS) is 12.1. The van der Waals surface area contributed by atoms with Crippen LogP contribution in [0.1, 0.15) is 22.7 Å². The number of benzene rings is 2. The van der Waals surface area contributed by atoms with Crippen molar-refractivity contribution < 1.29 is 4.79 Å². The number of carbonyl (C=O) groups is 1. The van der Waals surface area contributed by atoms with Crippen LogP contribution in [-0.4, -0.2) is 12.5 Å². The van der Waals surface area contributed by atoms with Crippen LogP contribution in [0.4, 0.5) is 0 Å². The van der Waals surface area contributed by atoms with E-state index in [1.54, 1.807) is 0 Å². The van der Waals surface area contributed by atoms with Crippen LogP contribution in [0.3, 0.4) is 0 Å². The highest BCUT2D eigenvalue weighted by atomic mass is 16.1. The molecule has 0 radical (unpaired) electrons. The minimum absolute atomic E-state index is 0.0192. The molecule has 19 heavy (non-hydrogen) atoms. The zero-order valence-corrected chi connectivity index (χ0v) is 11.0. The molecule has 0 aliphatic heterocycles. The second kappa shape index (κ2) is 6.16. The molecule has 2 rings (SSSR count). The van der Waals surface area contributed by atoms with E-state index in [1.807, 2.05) is 30.3 Å². The first kappa shape index (κ1) is 13.3. The van der Waals surface area contributed by atoms with Crippen molar-refractivity contribution in [3.8, 4) is 0 Å². The number of amides is 1. The first-order chi connectivity index (χ1) is 9.16. The Hall–Kier alpha value is -2.13. The molecule has 1 atom stereocenters. The van der Waals surface area contributed by atoms with Crippen LogP contribution in [0.15, 0.2) is 54.6 Å². The van der Waals surface area contributed by atoms with Crippen LogP contribution in [0.25, 0.3) is 0 Å². The van der Waals surface area contributed by atoms with E-state index >= 15 is 0 Å². The fraction of sp³-hybridized carbons (Fsp3) is 0.188. The van der Waals surface area contributed by atoms with Gasteiger partial charge in [0.1, 0.15) is 0 Å². The van der Waals surface area contributed by atoms with Crippen molar-refractivity contribution in [3.05, 3.63) is 71.3 Å². The molecular weight excluding hydrogens is 236 g/mol. The van der Waals surface area contributed by atoms with Crippen LogP contribution in [-0.2, 0) is 4.79 Å². The fourth-order valence-corrected chi connectivity index (χ4v) is 2.04. The number of hydrogen-bond donors (Lipinski definition) is 2. The Bertz CT molecular complexity index is 534. The summed E-state index contributed by atoms with van der Waals surface area (Å²) in [6.45, 7) is 2.21. The van der Waals surface area contributed by atoms with E-state index in [0.717, 1.165) is 11.1 Å². The third-order valence-electron chi connectivity index (χ3n) is 3.02. The molecule has 3 N–H and O–H groups in total. The largest absolute Gasteiger partial charge is 0.369 e. The molecule has 1 unspecified atom stereocenters. The molecule has 0 saturated heterocycles. The van der Waals surface area contributed by atoms with Gasteiger partial charge in [0.15, 0.2) is 0 Å². The molecule has 0 spiro atoms. The summed E-state index contributed by atoms with van der Waals surface area (Å²) in [5.41, 5.74) is 8.67. The Morgan fingerprint density at radius 1 is 1.05 bits per heavy atom. The van der Waals surface area contributed by atoms with Crippen molar-refractivity contribution in [2.45, 2.75) is 13.0 Å². The summed E-state index contributed by atoms with van der Waals surface area (Å²) in [4.78, 5) is 11.0. The standard InChI is InChI=1S/C16H18N2O/c1-12-7-9-14(10-8-12)16(18-11-15(17)19)13-5-3-2-4-6-13/h2-10,16,18H,11H2,1H3,(H2,17,19). The average molecular weight is 254 g/mol. The summed E-state index contributed by atoms with van der Waals surface area (Å²) in [5, 5.41) is 3.20. The van der Waals surface area contributed by atoms with E-state index in [1.165, 1.54) is 5.56 Å². The molecule has 3 heteroatoms. The molecule has 3 nitrogen and oxygen atoms in total. The van der Waals surface area contributed by atoms with Gasteiger partial charge in [-0.3, -0.25) is 10.1 Å². The maximum Gasteiger partial charge on any atom is 0.231 e. The van der Waals surface area contributed by atoms with E-state index in [9.17, 15) is 4.79 Å². The highest BCUT2D eigenvalue weighted by molar-refractivity contribution is 5.76. The van der Waals surface area contributed by atoms with Gasteiger partial charge in [-0.25, -0.2) is 0 Å². The first-order valence-corrected chi connectivity index (χ1v) is 6.30. The van der Waals surface area contributed by atoms with Crippen LogP contribution < -0.4 is 11.1 Å². The van der Waals surface area contributed by atoms with E-state index in [4.69, 9.17) is 5.73 Å². The zero-order chi connectivity index (χ0) is 13.7. The van der Waals surface area contributed by atoms with Crippen molar-refractivity contribution in [2.75, 3.05) is 6.54 Å². The lowest BCUT2D eigenvalue weighted by atomic mass is 9.98. The molecule has 0 saturated carbocycles. The van der Waals surface area contributed by atoms with Crippen molar-refractivity contribution in [1.82, 2.24) is 5.32 Å². The van der Waals surface area contributed by atoms with Crippen molar-refractivity contribution >= 4 is 5.91 Å². The van der Waals surface area contributed by atoms with Gasteiger partial charge in [0.2, 0.25) is 5.91 Å². The Morgan fingerprint density at radius 2 is 1.63 bits per heavy atom. The molecule has 2 aromatic rings. The lowest BCUT2D eigenvalue weighted by Gasteiger charge is -2.19. The lowest BCUT2D eigenvalue weighted by Crippen LogP contribution is -2.32. The van der Waals surface area contributed by atoms with Crippen molar-refractivity contribution in [2.24, 2.45) is 5.73 Å². The summed E-state index contributed by atoms with van der Waals surface area (Å²) in [6, 6.07) is 18.3. The minimum Gasteiger partial charge on any atom is -0.369 e. The smallest absolute Gasteiger partial charge is 0.231 e. The van der Waals surface area contributed by atoms with Gasteiger partial charge in [0.25, 0.3) is 0 Å². The Labute approximate surface area is 113 Å². The molecule has 0 aliphatic carbocycles. The Balaban J connectivity index is 2.28. The maximum atomic E-state index is 11.0. The number of nitrogens with two attached hydrogens (primary N) is 1. The quantitative estimate of drug-likeness (QED) is 0.859. The first-order valence-electron chi connectivity index (χ1n) is 6.30. The summed E-state index contributed by atoms with van der Waals surface area (Å²) in [5.74, 6) is -0.354. The fourth-order valence-electron chi connectivity index (χ4n) is 2.04. The molecule has 0 fully saturated rings. The van der Waals surface area contributed by atoms with Crippen molar-refractivity contribution in [1.29, 1.82) is 0 Å². The average Bonchev–Trinajstić information content (AvgIpc) is 2.42. The SMILES string of the molecule is Cc1ccc(C(NCC(N)=O)c2ccccc2)cc1. The third kappa shape index (κ3) is 3.66. The lowest BCUT2D eigenvalue weighted by molar-refractivity contribution is -0.117. The van der Waals surface area contributed by atoms with Crippen LogP contribution in [0, 0.1) is 6.92 Å². The van der Waals surface area contributed by atoms with Crippen LogP contribution in [0.2, 0.25) is 0 Å². The molecule has 0 heterocycles.